The predicted molar refractivity (Wildman–Crippen MR) is 65.7 cm³/mol. The van der Waals surface area contributed by atoms with E-state index in [1.807, 2.05) is 0 Å². The molecular formula is C14H24O. The highest BCUT2D eigenvalue weighted by Gasteiger charge is 2.25. The fourth-order valence-corrected chi connectivity index (χ4v) is 2.58. The summed E-state index contributed by atoms with van der Waals surface area (Å²) in [4.78, 5) is 0. The molecular weight excluding hydrogens is 184 g/mol. The molecule has 0 bridgehead atoms. The molecule has 15 heavy (non-hydrogen) atoms. The number of aliphatic hydroxyl groups excluding tert-OH is 1. The van der Waals surface area contributed by atoms with Crippen LogP contribution in [0.15, 0.2) is 23.8 Å². The topological polar surface area (TPSA) is 20.2 Å². The zero-order valence-electron chi connectivity index (χ0n) is 10.3. The molecule has 2 unspecified atom stereocenters. The van der Waals surface area contributed by atoms with Gasteiger partial charge in [0, 0.05) is 0 Å². The molecule has 0 aliphatic heterocycles. The van der Waals surface area contributed by atoms with Gasteiger partial charge in [0.2, 0.25) is 0 Å². The number of rotatable bonds is 5. The molecule has 0 saturated carbocycles. The lowest BCUT2D eigenvalue weighted by Crippen LogP contribution is -2.10. The van der Waals surface area contributed by atoms with Crippen LogP contribution in [0.4, 0.5) is 0 Å². The summed E-state index contributed by atoms with van der Waals surface area (Å²) in [5.74, 6) is 1.49. The lowest BCUT2D eigenvalue weighted by Gasteiger charge is -2.20. The van der Waals surface area contributed by atoms with Gasteiger partial charge in [0.15, 0.2) is 0 Å². The molecule has 0 radical (unpaired) electrons. The van der Waals surface area contributed by atoms with Crippen LogP contribution in [0.5, 0.6) is 0 Å². The molecule has 0 spiro atoms. The SMILES string of the molecule is C=CC(O)CCC1=C(C)CCC1C(C)C. The summed E-state index contributed by atoms with van der Waals surface area (Å²) in [5.41, 5.74) is 3.16. The number of hydrogen-bond acceptors (Lipinski definition) is 1. The second kappa shape index (κ2) is 5.50. The zero-order chi connectivity index (χ0) is 11.4. The van der Waals surface area contributed by atoms with Crippen molar-refractivity contribution in [2.45, 2.75) is 52.6 Å². The van der Waals surface area contributed by atoms with Crippen molar-refractivity contribution in [2.24, 2.45) is 11.8 Å². The Balaban J connectivity index is 2.57. The van der Waals surface area contributed by atoms with E-state index in [0.717, 1.165) is 24.7 Å². The standard InChI is InChI=1S/C14H24O/c1-5-12(15)7-9-14-11(4)6-8-13(14)10(2)3/h5,10,12-13,15H,1,6-9H2,2-4H3. The van der Waals surface area contributed by atoms with Gasteiger partial charge in [-0.2, -0.15) is 0 Å². The Morgan fingerprint density at radius 2 is 2.20 bits per heavy atom. The minimum Gasteiger partial charge on any atom is -0.389 e. The van der Waals surface area contributed by atoms with Crippen LogP contribution in [0.25, 0.3) is 0 Å². The molecule has 0 aromatic rings. The highest BCUT2D eigenvalue weighted by atomic mass is 16.3. The van der Waals surface area contributed by atoms with E-state index in [1.54, 1.807) is 17.2 Å². The smallest absolute Gasteiger partial charge is 0.0721 e. The van der Waals surface area contributed by atoms with E-state index >= 15 is 0 Å². The molecule has 0 aromatic heterocycles. The second-order valence-corrected chi connectivity index (χ2v) is 5.04. The van der Waals surface area contributed by atoms with Gasteiger partial charge in [0.05, 0.1) is 6.10 Å². The predicted octanol–water partition coefficient (Wildman–Crippen LogP) is 3.70. The van der Waals surface area contributed by atoms with Gasteiger partial charge in [-0.05, 0) is 44.4 Å². The third-order valence-electron chi connectivity index (χ3n) is 3.61. The third kappa shape index (κ3) is 3.20. The van der Waals surface area contributed by atoms with Gasteiger partial charge in [-0.25, -0.2) is 0 Å². The van der Waals surface area contributed by atoms with Crippen LogP contribution >= 0.6 is 0 Å². The van der Waals surface area contributed by atoms with Crippen molar-refractivity contribution in [1.29, 1.82) is 0 Å². The van der Waals surface area contributed by atoms with Crippen molar-refractivity contribution in [3.8, 4) is 0 Å². The Kier molecular flexibility index (Phi) is 4.59. The van der Waals surface area contributed by atoms with Gasteiger partial charge >= 0.3 is 0 Å². The average Bonchev–Trinajstić information content (AvgIpc) is 2.56. The van der Waals surface area contributed by atoms with Crippen LogP contribution in [0.1, 0.15) is 46.5 Å². The Morgan fingerprint density at radius 1 is 1.53 bits per heavy atom. The van der Waals surface area contributed by atoms with Crippen LogP contribution in [-0.4, -0.2) is 11.2 Å². The van der Waals surface area contributed by atoms with E-state index in [9.17, 15) is 5.11 Å². The maximum absolute atomic E-state index is 9.49. The fraction of sp³-hybridized carbons (Fsp3) is 0.714. The molecule has 0 heterocycles. The first-order valence-corrected chi connectivity index (χ1v) is 6.05. The fourth-order valence-electron chi connectivity index (χ4n) is 2.58. The van der Waals surface area contributed by atoms with Crippen LogP contribution in [0, 0.1) is 11.8 Å². The van der Waals surface area contributed by atoms with Crippen molar-refractivity contribution in [2.75, 3.05) is 0 Å². The summed E-state index contributed by atoms with van der Waals surface area (Å²) >= 11 is 0. The summed E-state index contributed by atoms with van der Waals surface area (Å²) < 4.78 is 0. The first kappa shape index (κ1) is 12.5. The molecule has 0 fully saturated rings. The number of allylic oxidation sites excluding steroid dienone is 2. The average molecular weight is 208 g/mol. The maximum Gasteiger partial charge on any atom is 0.0721 e. The van der Waals surface area contributed by atoms with Gasteiger partial charge in [0.25, 0.3) is 0 Å². The molecule has 1 aliphatic carbocycles. The Morgan fingerprint density at radius 3 is 2.73 bits per heavy atom. The Bertz CT molecular complexity index is 250. The molecule has 1 heteroatoms. The molecule has 86 valence electrons. The molecule has 0 aromatic carbocycles. The molecule has 1 aliphatic rings. The summed E-state index contributed by atoms with van der Waals surface area (Å²) in [6.07, 6.45) is 5.74. The van der Waals surface area contributed by atoms with Gasteiger partial charge in [-0.1, -0.05) is 31.1 Å². The van der Waals surface area contributed by atoms with Crippen molar-refractivity contribution < 1.29 is 5.11 Å². The third-order valence-corrected chi connectivity index (χ3v) is 3.61. The van der Waals surface area contributed by atoms with Crippen molar-refractivity contribution in [3.63, 3.8) is 0 Å². The summed E-state index contributed by atoms with van der Waals surface area (Å²) in [5, 5.41) is 9.49. The summed E-state index contributed by atoms with van der Waals surface area (Å²) in [6, 6.07) is 0. The molecule has 0 amide bonds. The summed E-state index contributed by atoms with van der Waals surface area (Å²) in [7, 11) is 0. The molecule has 1 rings (SSSR count). The monoisotopic (exact) mass is 208 g/mol. The minimum absolute atomic E-state index is 0.335. The van der Waals surface area contributed by atoms with Crippen LogP contribution < -0.4 is 0 Å². The van der Waals surface area contributed by atoms with Crippen LogP contribution in [0.3, 0.4) is 0 Å². The van der Waals surface area contributed by atoms with Gasteiger partial charge in [-0.3, -0.25) is 0 Å². The Labute approximate surface area is 93.9 Å². The number of aliphatic hydroxyl groups is 1. The lowest BCUT2D eigenvalue weighted by molar-refractivity contribution is 0.211. The van der Waals surface area contributed by atoms with E-state index in [2.05, 4.69) is 27.4 Å². The maximum atomic E-state index is 9.49. The zero-order valence-corrected chi connectivity index (χ0v) is 10.3. The quantitative estimate of drug-likeness (QED) is 0.683. The molecule has 1 N–H and O–H groups in total. The largest absolute Gasteiger partial charge is 0.389 e. The van der Waals surface area contributed by atoms with E-state index in [1.165, 1.54) is 12.8 Å². The van der Waals surface area contributed by atoms with Crippen LogP contribution in [0.2, 0.25) is 0 Å². The normalized spacial score (nSPS) is 23.7. The molecule has 1 nitrogen and oxygen atoms in total. The van der Waals surface area contributed by atoms with E-state index in [4.69, 9.17) is 0 Å². The van der Waals surface area contributed by atoms with Crippen LogP contribution in [-0.2, 0) is 0 Å². The van der Waals surface area contributed by atoms with Gasteiger partial charge < -0.3 is 5.11 Å². The van der Waals surface area contributed by atoms with E-state index in [-0.39, 0.29) is 6.10 Å². The van der Waals surface area contributed by atoms with E-state index in [0.29, 0.717) is 0 Å². The van der Waals surface area contributed by atoms with Gasteiger partial charge in [0.1, 0.15) is 0 Å². The summed E-state index contributed by atoms with van der Waals surface area (Å²) in [6.45, 7) is 10.5. The van der Waals surface area contributed by atoms with Crippen molar-refractivity contribution >= 4 is 0 Å². The molecule has 0 saturated heterocycles. The van der Waals surface area contributed by atoms with Gasteiger partial charge in [-0.15, -0.1) is 6.58 Å². The number of hydrogen-bond donors (Lipinski definition) is 1. The first-order chi connectivity index (χ1) is 7.06. The Hall–Kier alpha value is -0.560. The second-order valence-electron chi connectivity index (χ2n) is 5.04. The lowest BCUT2D eigenvalue weighted by atomic mass is 9.86. The highest BCUT2D eigenvalue weighted by molar-refractivity contribution is 5.22. The van der Waals surface area contributed by atoms with Crippen molar-refractivity contribution in [3.05, 3.63) is 23.8 Å². The van der Waals surface area contributed by atoms with E-state index < -0.39 is 0 Å². The molecule has 2 atom stereocenters. The first-order valence-electron chi connectivity index (χ1n) is 6.05. The minimum atomic E-state index is -0.335. The highest BCUT2D eigenvalue weighted by Crippen LogP contribution is 2.39. The van der Waals surface area contributed by atoms with Crippen molar-refractivity contribution in [1.82, 2.24) is 0 Å².